The van der Waals surface area contributed by atoms with E-state index in [4.69, 9.17) is 0 Å². The van der Waals surface area contributed by atoms with Gasteiger partial charge in [0.2, 0.25) is 5.91 Å². The first-order valence-electron chi connectivity index (χ1n) is 7.45. The SMILES string of the molecule is Cc1ccsc1CN(C)C(=O)CC1(C(=O)O)CCCCC1. The Morgan fingerprint density at radius 1 is 1.33 bits per heavy atom. The summed E-state index contributed by atoms with van der Waals surface area (Å²) >= 11 is 1.64. The van der Waals surface area contributed by atoms with Crippen LogP contribution in [0, 0.1) is 12.3 Å². The Kier molecular flexibility index (Phi) is 5.04. The molecule has 21 heavy (non-hydrogen) atoms. The number of carbonyl (C=O) groups excluding carboxylic acids is 1. The highest BCUT2D eigenvalue weighted by Gasteiger charge is 2.42. The smallest absolute Gasteiger partial charge is 0.310 e. The van der Waals surface area contributed by atoms with E-state index in [-0.39, 0.29) is 12.3 Å². The highest BCUT2D eigenvalue weighted by atomic mass is 32.1. The zero-order valence-corrected chi connectivity index (χ0v) is 13.5. The molecule has 5 heteroatoms. The number of hydrogen-bond donors (Lipinski definition) is 1. The van der Waals surface area contributed by atoms with E-state index in [1.54, 1.807) is 23.3 Å². The summed E-state index contributed by atoms with van der Waals surface area (Å²) in [7, 11) is 1.76. The third-order valence-electron chi connectivity index (χ3n) is 4.53. The van der Waals surface area contributed by atoms with Crippen LogP contribution in [0.3, 0.4) is 0 Å². The van der Waals surface area contributed by atoms with Gasteiger partial charge in [-0.3, -0.25) is 9.59 Å². The minimum absolute atomic E-state index is 0.0629. The van der Waals surface area contributed by atoms with Crippen LogP contribution in [0.1, 0.15) is 49.0 Å². The summed E-state index contributed by atoms with van der Waals surface area (Å²) in [6.07, 6.45) is 4.28. The molecule has 0 unspecified atom stereocenters. The van der Waals surface area contributed by atoms with Gasteiger partial charge in [-0.2, -0.15) is 0 Å². The van der Waals surface area contributed by atoms with Gasteiger partial charge in [0.05, 0.1) is 12.0 Å². The zero-order chi connectivity index (χ0) is 15.5. The Hall–Kier alpha value is -1.36. The molecule has 0 aromatic carbocycles. The third kappa shape index (κ3) is 3.64. The van der Waals surface area contributed by atoms with Crippen molar-refractivity contribution in [2.75, 3.05) is 7.05 Å². The molecule has 0 spiro atoms. The molecule has 1 N–H and O–H groups in total. The molecule has 0 bridgehead atoms. The van der Waals surface area contributed by atoms with Crippen LogP contribution in [0.2, 0.25) is 0 Å². The summed E-state index contributed by atoms with van der Waals surface area (Å²) in [5, 5.41) is 11.6. The van der Waals surface area contributed by atoms with Crippen molar-refractivity contribution in [3.63, 3.8) is 0 Å². The molecule has 0 aliphatic heterocycles. The summed E-state index contributed by atoms with van der Waals surface area (Å²) < 4.78 is 0. The summed E-state index contributed by atoms with van der Waals surface area (Å²) in [6.45, 7) is 2.60. The number of hydrogen-bond acceptors (Lipinski definition) is 3. The minimum Gasteiger partial charge on any atom is -0.481 e. The second-order valence-corrected chi connectivity index (χ2v) is 7.10. The van der Waals surface area contributed by atoms with Gasteiger partial charge in [0.15, 0.2) is 0 Å². The van der Waals surface area contributed by atoms with E-state index in [9.17, 15) is 14.7 Å². The number of aliphatic carboxylic acids is 1. The Morgan fingerprint density at radius 2 is 2.00 bits per heavy atom. The highest BCUT2D eigenvalue weighted by Crippen LogP contribution is 2.40. The Bertz CT molecular complexity index is 517. The second-order valence-electron chi connectivity index (χ2n) is 6.10. The number of carbonyl (C=O) groups is 2. The molecule has 0 saturated heterocycles. The van der Waals surface area contributed by atoms with Crippen LogP contribution < -0.4 is 0 Å². The molecular weight excluding hydrogens is 286 g/mol. The lowest BCUT2D eigenvalue weighted by atomic mass is 9.71. The third-order valence-corrected chi connectivity index (χ3v) is 5.54. The van der Waals surface area contributed by atoms with Gasteiger partial charge in [-0.15, -0.1) is 11.3 Å². The Labute approximate surface area is 129 Å². The summed E-state index contributed by atoms with van der Waals surface area (Å²) in [6, 6.07) is 2.04. The Balaban J connectivity index is 2.01. The number of thiophene rings is 1. The molecule has 116 valence electrons. The van der Waals surface area contributed by atoms with E-state index in [1.165, 1.54) is 10.4 Å². The molecule has 1 fully saturated rings. The molecule has 1 amide bonds. The Morgan fingerprint density at radius 3 is 2.52 bits per heavy atom. The van der Waals surface area contributed by atoms with Gasteiger partial charge < -0.3 is 10.0 Å². The first-order valence-corrected chi connectivity index (χ1v) is 8.33. The second kappa shape index (κ2) is 6.60. The molecule has 1 aliphatic carbocycles. The molecule has 0 atom stereocenters. The fourth-order valence-electron chi connectivity index (χ4n) is 2.99. The summed E-state index contributed by atoms with van der Waals surface area (Å²) in [4.78, 5) is 26.9. The van der Waals surface area contributed by atoms with Crippen molar-refractivity contribution < 1.29 is 14.7 Å². The van der Waals surface area contributed by atoms with E-state index in [1.807, 2.05) is 18.4 Å². The van der Waals surface area contributed by atoms with Gasteiger partial charge in [0.1, 0.15) is 0 Å². The lowest BCUT2D eigenvalue weighted by Crippen LogP contribution is -2.39. The van der Waals surface area contributed by atoms with E-state index in [0.717, 1.165) is 19.3 Å². The first kappa shape index (κ1) is 16.0. The number of amides is 1. The van der Waals surface area contributed by atoms with Crippen LogP contribution in [0.5, 0.6) is 0 Å². The standard InChI is InChI=1S/C16H23NO3S/c1-12-6-9-21-13(12)11-17(2)14(18)10-16(15(19)20)7-4-3-5-8-16/h6,9H,3-5,7-8,10-11H2,1-2H3,(H,19,20). The number of aryl methyl sites for hydroxylation is 1. The van der Waals surface area contributed by atoms with Gasteiger partial charge in [-0.25, -0.2) is 0 Å². The number of nitrogens with zero attached hydrogens (tertiary/aromatic N) is 1. The molecular formula is C16H23NO3S. The van der Waals surface area contributed by atoms with Crippen molar-refractivity contribution >= 4 is 23.2 Å². The predicted molar refractivity (Wildman–Crippen MR) is 83.3 cm³/mol. The monoisotopic (exact) mass is 309 g/mol. The molecule has 1 aromatic heterocycles. The largest absolute Gasteiger partial charge is 0.481 e. The molecule has 0 radical (unpaired) electrons. The van der Waals surface area contributed by atoms with E-state index in [2.05, 4.69) is 0 Å². The van der Waals surface area contributed by atoms with Gasteiger partial charge in [0, 0.05) is 18.3 Å². The average Bonchev–Trinajstić information content (AvgIpc) is 2.85. The number of rotatable bonds is 5. The van der Waals surface area contributed by atoms with Crippen LogP contribution >= 0.6 is 11.3 Å². The molecule has 1 aromatic rings. The molecule has 1 saturated carbocycles. The van der Waals surface area contributed by atoms with Gasteiger partial charge >= 0.3 is 5.97 Å². The summed E-state index contributed by atoms with van der Waals surface area (Å²) in [5.74, 6) is -0.872. The van der Waals surface area contributed by atoms with Crippen molar-refractivity contribution in [2.24, 2.45) is 5.41 Å². The molecule has 1 aliphatic rings. The van der Waals surface area contributed by atoms with Gasteiger partial charge in [-0.05, 0) is 36.8 Å². The fourth-order valence-corrected chi connectivity index (χ4v) is 3.95. The predicted octanol–water partition coefficient (Wildman–Crippen LogP) is 3.44. The van der Waals surface area contributed by atoms with Crippen LogP contribution in [0.25, 0.3) is 0 Å². The van der Waals surface area contributed by atoms with E-state index < -0.39 is 11.4 Å². The number of carboxylic acids is 1. The lowest BCUT2D eigenvalue weighted by molar-refractivity contribution is -0.155. The zero-order valence-electron chi connectivity index (χ0n) is 12.7. The van der Waals surface area contributed by atoms with Crippen LogP contribution in [-0.2, 0) is 16.1 Å². The van der Waals surface area contributed by atoms with Crippen molar-refractivity contribution in [2.45, 2.75) is 52.0 Å². The van der Waals surface area contributed by atoms with E-state index in [0.29, 0.717) is 19.4 Å². The lowest BCUT2D eigenvalue weighted by Gasteiger charge is -2.33. The first-order chi connectivity index (χ1) is 9.94. The molecule has 2 rings (SSSR count). The average molecular weight is 309 g/mol. The topological polar surface area (TPSA) is 57.6 Å². The van der Waals surface area contributed by atoms with Gasteiger partial charge in [-0.1, -0.05) is 19.3 Å². The maximum absolute atomic E-state index is 12.4. The van der Waals surface area contributed by atoms with Crippen LogP contribution in [0.4, 0.5) is 0 Å². The fraction of sp³-hybridized carbons (Fsp3) is 0.625. The normalized spacial score (nSPS) is 17.4. The van der Waals surface area contributed by atoms with Crippen molar-refractivity contribution in [1.82, 2.24) is 4.90 Å². The minimum atomic E-state index is -0.839. The summed E-state index contributed by atoms with van der Waals surface area (Å²) in [5.41, 5.74) is 0.346. The van der Waals surface area contributed by atoms with Crippen molar-refractivity contribution in [3.8, 4) is 0 Å². The maximum atomic E-state index is 12.4. The van der Waals surface area contributed by atoms with Gasteiger partial charge in [0.25, 0.3) is 0 Å². The molecule has 1 heterocycles. The van der Waals surface area contributed by atoms with Crippen LogP contribution in [0.15, 0.2) is 11.4 Å². The maximum Gasteiger partial charge on any atom is 0.310 e. The quantitative estimate of drug-likeness (QED) is 0.906. The van der Waals surface area contributed by atoms with Crippen molar-refractivity contribution in [3.05, 3.63) is 21.9 Å². The molecule has 4 nitrogen and oxygen atoms in total. The number of carboxylic acid groups (broad SMARTS) is 1. The highest BCUT2D eigenvalue weighted by molar-refractivity contribution is 7.10. The van der Waals surface area contributed by atoms with Crippen LogP contribution in [-0.4, -0.2) is 28.9 Å². The van der Waals surface area contributed by atoms with Crippen molar-refractivity contribution in [1.29, 1.82) is 0 Å². The van der Waals surface area contributed by atoms with E-state index >= 15 is 0 Å².